The lowest BCUT2D eigenvalue weighted by molar-refractivity contribution is 0.0976. The fourth-order valence-electron chi connectivity index (χ4n) is 3.58. The van der Waals surface area contributed by atoms with E-state index in [1.807, 2.05) is 44.4 Å². The number of carbonyl (C=O) groups excluding carboxylic acids is 1. The van der Waals surface area contributed by atoms with E-state index in [1.165, 1.54) is 0 Å². The first-order valence-electron chi connectivity index (χ1n) is 9.37. The minimum atomic E-state index is -0.191. The number of ether oxygens (including phenoxy) is 4. The molecule has 0 spiro atoms. The first kappa shape index (κ1) is 19.1. The van der Waals surface area contributed by atoms with Crippen molar-refractivity contribution in [1.29, 1.82) is 0 Å². The normalized spacial score (nSPS) is 15.6. The van der Waals surface area contributed by atoms with Crippen LogP contribution in [0, 0.1) is 0 Å². The Morgan fingerprint density at radius 1 is 1.14 bits per heavy atom. The molecule has 2 aliphatic rings. The van der Waals surface area contributed by atoms with E-state index in [1.54, 1.807) is 14.2 Å². The third-order valence-corrected chi connectivity index (χ3v) is 5.08. The third kappa shape index (κ3) is 3.49. The number of carbonyl (C=O) groups is 1. The quantitative estimate of drug-likeness (QED) is 0.810. The highest BCUT2D eigenvalue weighted by Crippen LogP contribution is 2.42. The van der Waals surface area contributed by atoms with Crippen molar-refractivity contribution in [3.8, 4) is 23.0 Å². The highest BCUT2D eigenvalue weighted by Gasteiger charge is 2.32. The number of amides is 1. The summed E-state index contributed by atoms with van der Waals surface area (Å²) in [5.74, 6) is 2.23. The summed E-state index contributed by atoms with van der Waals surface area (Å²) >= 11 is 0. The third-order valence-electron chi connectivity index (χ3n) is 5.08. The van der Waals surface area contributed by atoms with Crippen molar-refractivity contribution < 1.29 is 23.7 Å². The monoisotopic (exact) mass is 396 g/mol. The molecule has 29 heavy (non-hydrogen) atoms. The largest absolute Gasteiger partial charge is 0.493 e. The van der Waals surface area contributed by atoms with E-state index in [4.69, 9.17) is 18.9 Å². The minimum Gasteiger partial charge on any atom is -0.493 e. The summed E-state index contributed by atoms with van der Waals surface area (Å²) < 4.78 is 21.9. The molecule has 0 radical (unpaired) electrons. The number of nitrogens with zero attached hydrogens (tertiary/aromatic N) is 1. The Bertz CT molecular complexity index is 997. The van der Waals surface area contributed by atoms with Crippen molar-refractivity contribution in [2.24, 2.45) is 0 Å². The molecule has 0 fully saturated rings. The first-order valence-corrected chi connectivity index (χ1v) is 9.37. The van der Waals surface area contributed by atoms with Crippen molar-refractivity contribution in [3.63, 3.8) is 0 Å². The molecule has 0 aromatic heterocycles. The topological polar surface area (TPSA) is 69.3 Å². The van der Waals surface area contributed by atoms with Crippen molar-refractivity contribution in [2.75, 3.05) is 41.7 Å². The fourth-order valence-corrected chi connectivity index (χ4v) is 3.58. The summed E-state index contributed by atoms with van der Waals surface area (Å²) in [5, 5.41) is 2.96. The molecule has 0 saturated carbocycles. The predicted molar refractivity (Wildman–Crippen MR) is 110 cm³/mol. The van der Waals surface area contributed by atoms with Gasteiger partial charge in [0.05, 0.1) is 19.8 Å². The highest BCUT2D eigenvalue weighted by atomic mass is 16.7. The van der Waals surface area contributed by atoms with Crippen LogP contribution in [0.25, 0.3) is 11.8 Å². The Balaban J connectivity index is 1.80. The molecular weight excluding hydrogens is 372 g/mol. The van der Waals surface area contributed by atoms with E-state index in [-0.39, 0.29) is 12.7 Å². The second-order valence-corrected chi connectivity index (χ2v) is 7.19. The van der Waals surface area contributed by atoms with Crippen LogP contribution in [0.2, 0.25) is 0 Å². The summed E-state index contributed by atoms with van der Waals surface area (Å²) in [6, 6.07) is 7.64. The Hall–Kier alpha value is -3.19. The number of rotatable bonds is 6. The number of hydrogen-bond donors (Lipinski definition) is 1. The van der Waals surface area contributed by atoms with Crippen LogP contribution >= 0.6 is 0 Å². The van der Waals surface area contributed by atoms with Gasteiger partial charge in [-0.2, -0.15) is 0 Å². The van der Waals surface area contributed by atoms with Gasteiger partial charge in [0.25, 0.3) is 5.91 Å². The van der Waals surface area contributed by atoms with Crippen LogP contribution in [0.5, 0.6) is 23.0 Å². The smallest absolute Gasteiger partial charge is 0.260 e. The zero-order valence-corrected chi connectivity index (χ0v) is 17.0. The molecule has 2 heterocycles. The summed E-state index contributed by atoms with van der Waals surface area (Å²) in [5.41, 5.74) is 4.10. The maximum Gasteiger partial charge on any atom is 0.260 e. The van der Waals surface area contributed by atoms with Crippen LogP contribution in [0.15, 0.2) is 24.3 Å². The predicted octanol–water partition coefficient (Wildman–Crippen LogP) is 2.78. The van der Waals surface area contributed by atoms with Gasteiger partial charge in [-0.15, -0.1) is 0 Å². The molecule has 0 atom stereocenters. The first-order chi connectivity index (χ1) is 14.0. The van der Waals surface area contributed by atoms with Crippen LogP contribution in [0.1, 0.15) is 27.0 Å². The van der Waals surface area contributed by atoms with E-state index in [0.717, 1.165) is 35.4 Å². The molecule has 1 amide bonds. The molecule has 2 aromatic rings. The molecule has 7 heteroatoms. The van der Waals surface area contributed by atoms with Crippen LogP contribution < -0.4 is 24.3 Å². The Morgan fingerprint density at radius 3 is 2.62 bits per heavy atom. The van der Waals surface area contributed by atoms with Gasteiger partial charge in [0.2, 0.25) is 6.79 Å². The van der Waals surface area contributed by atoms with E-state index in [2.05, 4.69) is 10.2 Å². The zero-order valence-electron chi connectivity index (χ0n) is 17.0. The number of benzene rings is 2. The van der Waals surface area contributed by atoms with Gasteiger partial charge in [-0.1, -0.05) is 0 Å². The van der Waals surface area contributed by atoms with Gasteiger partial charge in [-0.05, 0) is 62.0 Å². The van der Waals surface area contributed by atoms with Gasteiger partial charge in [0, 0.05) is 17.8 Å². The van der Waals surface area contributed by atoms with Crippen molar-refractivity contribution in [1.82, 2.24) is 10.2 Å². The average Bonchev–Trinajstić information content (AvgIpc) is 3.30. The lowest BCUT2D eigenvalue weighted by Crippen LogP contribution is -2.16. The van der Waals surface area contributed by atoms with Gasteiger partial charge >= 0.3 is 0 Å². The van der Waals surface area contributed by atoms with Crippen LogP contribution in [0.3, 0.4) is 0 Å². The van der Waals surface area contributed by atoms with Gasteiger partial charge < -0.3 is 29.2 Å². The van der Waals surface area contributed by atoms with E-state index < -0.39 is 0 Å². The lowest BCUT2D eigenvalue weighted by Gasteiger charge is -2.16. The summed E-state index contributed by atoms with van der Waals surface area (Å²) in [6.07, 6.45) is 2.80. The van der Waals surface area contributed by atoms with Crippen LogP contribution in [-0.4, -0.2) is 52.5 Å². The zero-order chi connectivity index (χ0) is 20.5. The molecule has 1 N–H and O–H groups in total. The van der Waals surface area contributed by atoms with E-state index >= 15 is 0 Å². The highest BCUT2D eigenvalue weighted by molar-refractivity contribution is 6.14. The SMILES string of the molecule is COc1cc(/C=C2\NC(=O)c3c2ccc2c3OCO2)c(CCN(C)C)cc1OC. The molecule has 0 aliphatic carbocycles. The molecular formula is C22H24N2O5. The Labute approximate surface area is 169 Å². The minimum absolute atomic E-state index is 0.127. The molecule has 4 rings (SSSR count). The number of methoxy groups -OCH3 is 2. The van der Waals surface area contributed by atoms with Gasteiger partial charge in [0.1, 0.15) is 0 Å². The number of hydrogen-bond acceptors (Lipinski definition) is 6. The lowest BCUT2D eigenvalue weighted by atomic mass is 9.99. The van der Waals surface area contributed by atoms with Crippen molar-refractivity contribution in [3.05, 3.63) is 46.5 Å². The number of nitrogens with one attached hydrogen (secondary N) is 1. The second kappa shape index (κ2) is 7.67. The summed E-state index contributed by atoms with van der Waals surface area (Å²) in [6.45, 7) is 1.01. The maximum absolute atomic E-state index is 12.6. The van der Waals surface area contributed by atoms with E-state index in [9.17, 15) is 4.79 Å². The van der Waals surface area contributed by atoms with Crippen LogP contribution in [-0.2, 0) is 6.42 Å². The standard InChI is InChI=1S/C22H24N2O5/c1-24(2)8-7-13-10-18(26-3)19(27-4)11-14(13)9-16-15-5-6-17-21(29-12-28-17)20(15)22(25)23-16/h5-6,9-11H,7-8,12H2,1-4H3,(H,23,25)/b16-9-. The molecule has 152 valence electrons. The van der Waals surface area contributed by atoms with E-state index in [0.29, 0.717) is 28.6 Å². The molecule has 2 aromatic carbocycles. The summed E-state index contributed by atoms with van der Waals surface area (Å²) in [4.78, 5) is 14.7. The Morgan fingerprint density at radius 2 is 1.90 bits per heavy atom. The molecule has 0 unspecified atom stereocenters. The van der Waals surface area contributed by atoms with Crippen molar-refractivity contribution in [2.45, 2.75) is 6.42 Å². The summed E-state index contributed by atoms with van der Waals surface area (Å²) in [7, 11) is 7.31. The molecule has 7 nitrogen and oxygen atoms in total. The average molecular weight is 396 g/mol. The Kier molecular flexibility index (Phi) is 5.07. The fraction of sp³-hybridized carbons (Fsp3) is 0.318. The van der Waals surface area contributed by atoms with Gasteiger partial charge in [-0.25, -0.2) is 0 Å². The molecule has 0 saturated heterocycles. The van der Waals surface area contributed by atoms with Gasteiger partial charge in [0.15, 0.2) is 23.0 Å². The van der Waals surface area contributed by atoms with Crippen LogP contribution in [0.4, 0.5) is 0 Å². The second-order valence-electron chi connectivity index (χ2n) is 7.19. The molecule has 2 aliphatic heterocycles. The molecule has 0 bridgehead atoms. The number of fused-ring (bicyclic) bond motifs is 3. The van der Waals surface area contributed by atoms with Crippen molar-refractivity contribution >= 4 is 17.7 Å². The maximum atomic E-state index is 12.6. The number of likely N-dealkylation sites (N-methyl/N-ethyl adjacent to an activating group) is 1. The van der Waals surface area contributed by atoms with Gasteiger partial charge in [-0.3, -0.25) is 4.79 Å².